The van der Waals surface area contributed by atoms with Crippen molar-refractivity contribution < 1.29 is 9.21 Å². The molecule has 1 amide bonds. The van der Waals surface area contributed by atoms with Gasteiger partial charge in [-0.25, -0.2) is 15.0 Å². The third-order valence-corrected chi connectivity index (χ3v) is 5.75. The molecule has 4 rings (SSSR count). The van der Waals surface area contributed by atoms with Gasteiger partial charge < -0.3 is 14.2 Å². The number of likely N-dealkylation sites (tertiary alicyclic amines) is 1. The van der Waals surface area contributed by atoms with Gasteiger partial charge >= 0.3 is 0 Å². The van der Waals surface area contributed by atoms with Crippen molar-refractivity contribution in [1.29, 1.82) is 0 Å². The average molecular weight is 440 g/mol. The van der Waals surface area contributed by atoms with Crippen LogP contribution in [0.3, 0.4) is 0 Å². The summed E-state index contributed by atoms with van der Waals surface area (Å²) < 4.78 is 5.65. The van der Waals surface area contributed by atoms with Gasteiger partial charge in [0, 0.05) is 44.3 Å². The normalized spacial score (nSPS) is 16.4. The minimum Gasteiger partial charge on any atom is -0.436 e. The highest BCUT2D eigenvalue weighted by atomic mass is 35.5. The number of aromatic nitrogens is 3. The van der Waals surface area contributed by atoms with Gasteiger partial charge in [-0.1, -0.05) is 23.7 Å². The van der Waals surface area contributed by atoms with Crippen LogP contribution in [0.2, 0.25) is 5.02 Å². The minimum atomic E-state index is -0.193. The summed E-state index contributed by atoms with van der Waals surface area (Å²) in [7, 11) is 3.81. The first-order valence-electron chi connectivity index (χ1n) is 10.4. The number of rotatable bonds is 4. The molecule has 1 atom stereocenters. The molecule has 0 aliphatic carbocycles. The molecule has 0 bridgehead atoms. The van der Waals surface area contributed by atoms with E-state index in [-0.39, 0.29) is 11.9 Å². The number of carbonyl (C=O) groups excluding carboxylic acids is 1. The van der Waals surface area contributed by atoms with Gasteiger partial charge in [-0.15, -0.1) is 0 Å². The van der Waals surface area contributed by atoms with Gasteiger partial charge in [0.15, 0.2) is 5.89 Å². The minimum absolute atomic E-state index is 0.148. The van der Waals surface area contributed by atoms with E-state index in [9.17, 15) is 4.79 Å². The van der Waals surface area contributed by atoms with E-state index in [4.69, 9.17) is 21.0 Å². The van der Waals surface area contributed by atoms with Crippen LogP contribution in [0.15, 0.2) is 34.9 Å². The number of oxazole rings is 1. The molecule has 0 spiro atoms. The van der Waals surface area contributed by atoms with Crippen molar-refractivity contribution >= 4 is 23.5 Å². The molecule has 3 heterocycles. The Hall–Kier alpha value is -2.93. The summed E-state index contributed by atoms with van der Waals surface area (Å²) in [5.41, 5.74) is 3.24. The van der Waals surface area contributed by atoms with E-state index in [1.807, 2.05) is 54.4 Å². The lowest BCUT2D eigenvalue weighted by molar-refractivity contribution is 0.0572. The molecule has 0 N–H and O–H groups in total. The Labute approximate surface area is 187 Å². The number of hydrogen-bond acceptors (Lipinski definition) is 6. The Balaban J connectivity index is 1.82. The van der Waals surface area contributed by atoms with E-state index in [0.29, 0.717) is 34.9 Å². The molecule has 0 saturated carbocycles. The summed E-state index contributed by atoms with van der Waals surface area (Å²) in [5, 5.41) is 0.643. The molecule has 3 aromatic rings. The van der Waals surface area contributed by atoms with Gasteiger partial charge in [0.25, 0.3) is 5.91 Å². The predicted molar refractivity (Wildman–Crippen MR) is 120 cm³/mol. The van der Waals surface area contributed by atoms with E-state index in [1.165, 1.54) is 0 Å². The first kappa shape index (κ1) is 21.3. The van der Waals surface area contributed by atoms with E-state index in [0.717, 1.165) is 36.1 Å². The standard InChI is InChI=1S/C23H26ClN5O2/c1-14-21(31-15(2)26-14)22(30)29-11-6-5-10-19(29)20-18(13-25-23(27-20)28(3)4)16-8-7-9-17(24)12-16/h7-9,12-13,19H,5-6,10-11H2,1-4H3/t19-/m0/s1. The number of hydrogen-bond donors (Lipinski definition) is 0. The number of nitrogens with zero attached hydrogens (tertiary/aromatic N) is 5. The second-order valence-electron chi connectivity index (χ2n) is 8.03. The number of aryl methyl sites for hydroxylation is 2. The fourth-order valence-electron chi connectivity index (χ4n) is 4.05. The summed E-state index contributed by atoms with van der Waals surface area (Å²) in [5.74, 6) is 1.25. The Kier molecular flexibility index (Phi) is 5.96. The highest BCUT2D eigenvalue weighted by molar-refractivity contribution is 6.30. The Morgan fingerprint density at radius 1 is 1.23 bits per heavy atom. The number of amides is 1. The zero-order valence-corrected chi connectivity index (χ0v) is 19.0. The average Bonchev–Trinajstić information content (AvgIpc) is 3.10. The molecule has 31 heavy (non-hydrogen) atoms. The summed E-state index contributed by atoms with van der Waals surface area (Å²) in [6.07, 6.45) is 4.59. The Morgan fingerprint density at radius 3 is 2.71 bits per heavy atom. The number of benzene rings is 1. The fourth-order valence-corrected chi connectivity index (χ4v) is 4.24. The number of piperidine rings is 1. The lowest BCUT2D eigenvalue weighted by Crippen LogP contribution is -2.39. The van der Waals surface area contributed by atoms with Crippen LogP contribution in [0.1, 0.15) is 53.1 Å². The van der Waals surface area contributed by atoms with Crippen molar-refractivity contribution in [3.05, 3.63) is 58.5 Å². The van der Waals surface area contributed by atoms with Gasteiger partial charge in [0.05, 0.1) is 17.4 Å². The van der Waals surface area contributed by atoms with Crippen LogP contribution in [0, 0.1) is 13.8 Å². The first-order valence-corrected chi connectivity index (χ1v) is 10.8. The number of halogens is 1. The first-order chi connectivity index (χ1) is 14.8. The molecule has 1 saturated heterocycles. The van der Waals surface area contributed by atoms with E-state index < -0.39 is 0 Å². The second-order valence-corrected chi connectivity index (χ2v) is 8.47. The highest BCUT2D eigenvalue weighted by Crippen LogP contribution is 2.38. The van der Waals surface area contributed by atoms with Crippen LogP contribution in [0.25, 0.3) is 11.1 Å². The number of carbonyl (C=O) groups is 1. The Bertz CT molecular complexity index is 1110. The van der Waals surface area contributed by atoms with Crippen molar-refractivity contribution in [3.63, 3.8) is 0 Å². The molecule has 162 valence electrons. The van der Waals surface area contributed by atoms with Crippen LogP contribution >= 0.6 is 11.6 Å². The van der Waals surface area contributed by atoms with E-state index in [2.05, 4.69) is 9.97 Å². The van der Waals surface area contributed by atoms with Crippen molar-refractivity contribution in [2.75, 3.05) is 25.5 Å². The maximum Gasteiger partial charge on any atom is 0.292 e. The van der Waals surface area contributed by atoms with E-state index >= 15 is 0 Å². The molecule has 1 fully saturated rings. The molecule has 1 aliphatic rings. The zero-order valence-electron chi connectivity index (χ0n) is 18.2. The maximum atomic E-state index is 13.5. The fraction of sp³-hybridized carbons (Fsp3) is 0.391. The van der Waals surface area contributed by atoms with Crippen molar-refractivity contribution in [3.8, 4) is 11.1 Å². The highest BCUT2D eigenvalue weighted by Gasteiger charge is 2.34. The zero-order chi connectivity index (χ0) is 22.1. The van der Waals surface area contributed by atoms with Gasteiger partial charge in [0.1, 0.15) is 0 Å². The van der Waals surface area contributed by atoms with Crippen LogP contribution < -0.4 is 4.90 Å². The molecule has 0 radical (unpaired) electrons. The SMILES string of the molecule is Cc1nc(C)c(C(=O)N2CCCC[C@H]2c2nc(N(C)C)ncc2-c2cccc(Cl)c2)o1. The molecular weight excluding hydrogens is 414 g/mol. The molecule has 8 heteroatoms. The second kappa shape index (κ2) is 8.67. The van der Waals surface area contributed by atoms with Gasteiger partial charge in [-0.05, 0) is 43.9 Å². The third kappa shape index (κ3) is 4.28. The van der Waals surface area contributed by atoms with Crippen LogP contribution in [0.5, 0.6) is 0 Å². The lowest BCUT2D eigenvalue weighted by Gasteiger charge is -2.36. The molecule has 1 aromatic carbocycles. The predicted octanol–water partition coefficient (Wildman–Crippen LogP) is 4.84. The largest absolute Gasteiger partial charge is 0.436 e. The quantitative estimate of drug-likeness (QED) is 0.579. The summed E-state index contributed by atoms with van der Waals surface area (Å²) in [6.45, 7) is 4.19. The monoisotopic (exact) mass is 439 g/mol. The molecule has 2 aromatic heterocycles. The molecule has 7 nitrogen and oxygen atoms in total. The summed E-state index contributed by atoms with van der Waals surface area (Å²) >= 11 is 6.26. The van der Waals surface area contributed by atoms with E-state index in [1.54, 1.807) is 13.8 Å². The lowest BCUT2D eigenvalue weighted by atomic mass is 9.93. The van der Waals surface area contributed by atoms with Crippen molar-refractivity contribution in [2.24, 2.45) is 0 Å². The van der Waals surface area contributed by atoms with Crippen LogP contribution in [-0.2, 0) is 0 Å². The molecule has 1 aliphatic heterocycles. The third-order valence-electron chi connectivity index (χ3n) is 5.52. The topological polar surface area (TPSA) is 75.4 Å². The smallest absolute Gasteiger partial charge is 0.292 e. The molecule has 0 unspecified atom stereocenters. The number of anilines is 1. The van der Waals surface area contributed by atoms with Crippen molar-refractivity contribution in [2.45, 2.75) is 39.2 Å². The van der Waals surface area contributed by atoms with Crippen molar-refractivity contribution in [1.82, 2.24) is 19.9 Å². The van der Waals surface area contributed by atoms with Gasteiger partial charge in [-0.2, -0.15) is 0 Å². The Morgan fingerprint density at radius 2 is 2.03 bits per heavy atom. The van der Waals surface area contributed by atoms with Crippen LogP contribution in [-0.4, -0.2) is 46.4 Å². The summed E-state index contributed by atoms with van der Waals surface area (Å²) in [4.78, 5) is 30.9. The maximum absolute atomic E-state index is 13.5. The molecular formula is C23H26ClN5O2. The van der Waals surface area contributed by atoms with Gasteiger partial charge in [0.2, 0.25) is 11.7 Å². The van der Waals surface area contributed by atoms with Crippen LogP contribution in [0.4, 0.5) is 5.95 Å². The van der Waals surface area contributed by atoms with Gasteiger partial charge in [-0.3, -0.25) is 4.79 Å². The summed E-state index contributed by atoms with van der Waals surface area (Å²) in [6, 6.07) is 7.44.